The fourth-order valence-electron chi connectivity index (χ4n) is 4.12. The van der Waals surface area contributed by atoms with E-state index in [-0.39, 0.29) is 30.0 Å². The van der Waals surface area contributed by atoms with Crippen LogP contribution in [0.15, 0.2) is 24.3 Å². The first kappa shape index (κ1) is 24.6. The molecule has 1 amide bonds. The highest BCUT2D eigenvalue weighted by Gasteiger charge is 2.34. The first-order chi connectivity index (χ1) is 16.7. The molecular weight excluding hydrogens is 448 g/mol. The predicted octanol–water partition coefficient (Wildman–Crippen LogP) is 4.71. The van der Waals surface area contributed by atoms with Crippen molar-refractivity contribution in [2.45, 2.75) is 71.1 Å². The van der Waals surface area contributed by atoms with Crippen molar-refractivity contribution in [3.63, 3.8) is 0 Å². The van der Waals surface area contributed by atoms with Gasteiger partial charge in [-0.05, 0) is 77.6 Å². The Morgan fingerprint density at radius 3 is 2.49 bits per heavy atom. The molecule has 2 aliphatic rings. The molecular formula is C26H32N4O5. The standard InChI is InChI=1S/C26H32N4O5/c1-5-33-24(31)23-21(15-27)22(17-8-10-19(11-9-17)34-20-12-13-20)28-30(23)18-7-6-14-29(16-18)25(32)35-26(2,3)4/h8-11,18,20H,5-7,12-14,16H2,1-4H3. The molecule has 1 aromatic carbocycles. The number of carbonyl (C=O) groups excluding carboxylic acids is 2. The third-order valence-corrected chi connectivity index (χ3v) is 5.84. The molecule has 1 saturated carbocycles. The van der Waals surface area contributed by atoms with Gasteiger partial charge in [0.2, 0.25) is 0 Å². The Bertz CT molecular complexity index is 1120. The summed E-state index contributed by atoms with van der Waals surface area (Å²) in [4.78, 5) is 27.3. The van der Waals surface area contributed by atoms with Crippen molar-refractivity contribution in [1.29, 1.82) is 5.26 Å². The van der Waals surface area contributed by atoms with Crippen molar-refractivity contribution >= 4 is 12.1 Å². The van der Waals surface area contributed by atoms with Crippen LogP contribution in [0.1, 0.15) is 75.5 Å². The lowest BCUT2D eigenvalue weighted by Gasteiger charge is -2.34. The van der Waals surface area contributed by atoms with Crippen LogP contribution in [0.4, 0.5) is 4.79 Å². The Kier molecular flexibility index (Phi) is 7.01. The molecule has 0 bridgehead atoms. The monoisotopic (exact) mass is 480 g/mol. The molecule has 2 fully saturated rings. The van der Waals surface area contributed by atoms with E-state index in [1.807, 2.05) is 45.0 Å². The number of rotatable bonds is 6. The minimum absolute atomic E-state index is 0.110. The van der Waals surface area contributed by atoms with Gasteiger partial charge in [-0.1, -0.05) is 0 Å². The maximum absolute atomic E-state index is 13.0. The number of amides is 1. The molecule has 0 spiro atoms. The van der Waals surface area contributed by atoms with Crippen LogP contribution in [0, 0.1) is 11.3 Å². The Hall–Kier alpha value is -3.54. The van der Waals surface area contributed by atoms with E-state index in [1.165, 1.54) is 0 Å². The summed E-state index contributed by atoms with van der Waals surface area (Å²) in [5.41, 5.74) is 0.770. The zero-order valence-electron chi connectivity index (χ0n) is 20.7. The van der Waals surface area contributed by atoms with E-state index in [2.05, 4.69) is 6.07 Å². The zero-order valence-corrected chi connectivity index (χ0v) is 20.7. The van der Waals surface area contributed by atoms with E-state index in [0.717, 1.165) is 25.0 Å². The topological polar surface area (TPSA) is 107 Å². The Balaban J connectivity index is 1.67. The van der Waals surface area contributed by atoms with Crippen molar-refractivity contribution in [2.24, 2.45) is 0 Å². The number of piperidine rings is 1. The third-order valence-electron chi connectivity index (χ3n) is 5.84. The number of hydrogen-bond acceptors (Lipinski definition) is 7. The van der Waals surface area contributed by atoms with Crippen LogP contribution < -0.4 is 4.74 Å². The first-order valence-corrected chi connectivity index (χ1v) is 12.1. The highest BCUT2D eigenvalue weighted by atomic mass is 16.6. The van der Waals surface area contributed by atoms with Crippen molar-refractivity contribution in [1.82, 2.24) is 14.7 Å². The van der Waals surface area contributed by atoms with Crippen LogP contribution >= 0.6 is 0 Å². The minimum Gasteiger partial charge on any atom is -0.490 e. The molecule has 0 N–H and O–H groups in total. The molecule has 1 aliphatic carbocycles. The van der Waals surface area contributed by atoms with Gasteiger partial charge in [0, 0.05) is 18.7 Å². The largest absolute Gasteiger partial charge is 0.490 e. The number of nitrogens with zero attached hydrogens (tertiary/aromatic N) is 4. The first-order valence-electron chi connectivity index (χ1n) is 12.1. The summed E-state index contributed by atoms with van der Waals surface area (Å²) in [6.07, 6.45) is 3.43. The van der Waals surface area contributed by atoms with Crippen LogP contribution in [-0.4, -0.2) is 58.1 Å². The molecule has 1 aliphatic heterocycles. The van der Waals surface area contributed by atoms with Gasteiger partial charge in [0.15, 0.2) is 5.69 Å². The van der Waals surface area contributed by atoms with E-state index in [1.54, 1.807) is 16.5 Å². The number of benzene rings is 1. The number of aromatic nitrogens is 2. The lowest BCUT2D eigenvalue weighted by molar-refractivity contribution is 0.0165. The lowest BCUT2D eigenvalue weighted by Crippen LogP contribution is -2.44. The van der Waals surface area contributed by atoms with Gasteiger partial charge >= 0.3 is 12.1 Å². The average Bonchev–Trinajstić information content (AvgIpc) is 3.54. The fourth-order valence-corrected chi connectivity index (χ4v) is 4.12. The van der Waals surface area contributed by atoms with E-state index in [0.29, 0.717) is 30.8 Å². The highest BCUT2D eigenvalue weighted by Crippen LogP contribution is 2.33. The number of ether oxygens (including phenoxy) is 3. The molecule has 2 aromatic rings. The van der Waals surface area contributed by atoms with Gasteiger partial charge < -0.3 is 19.1 Å². The van der Waals surface area contributed by atoms with E-state index < -0.39 is 17.7 Å². The zero-order chi connectivity index (χ0) is 25.2. The summed E-state index contributed by atoms with van der Waals surface area (Å²) < 4.78 is 18.2. The SMILES string of the molecule is CCOC(=O)c1c(C#N)c(-c2ccc(OC3CC3)cc2)nn1C1CCCN(C(=O)OC(C)(C)C)C1. The smallest absolute Gasteiger partial charge is 0.410 e. The number of carbonyl (C=O) groups is 2. The number of likely N-dealkylation sites (tertiary alicyclic amines) is 1. The molecule has 9 heteroatoms. The summed E-state index contributed by atoms with van der Waals surface area (Å²) in [6.45, 7) is 8.24. The van der Waals surface area contributed by atoms with Crippen molar-refractivity contribution in [3.8, 4) is 23.1 Å². The maximum Gasteiger partial charge on any atom is 0.410 e. The Morgan fingerprint density at radius 2 is 1.89 bits per heavy atom. The van der Waals surface area contributed by atoms with Gasteiger partial charge in [-0.2, -0.15) is 10.4 Å². The predicted molar refractivity (Wildman–Crippen MR) is 128 cm³/mol. The van der Waals surface area contributed by atoms with E-state index >= 15 is 0 Å². The minimum atomic E-state index is -0.609. The summed E-state index contributed by atoms with van der Waals surface area (Å²) in [7, 11) is 0. The molecule has 35 heavy (non-hydrogen) atoms. The number of hydrogen-bond donors (Lipinski definition) is 0. The number of esters is 1. The summed E-state index contributed by atoms with van der Waals surface area (Å²) in [6, 6.07) is 9.25. The molecule has 2 heterocycles. The van der Waals surface area contributed by atoms with Crippen molar-refractivity contribution in [3.05, 3.63) is 35.5 Å². The molecule has 9 nitrogen and oxygen atoms in total. The van der Waals surface area contributed by atoms with E-state index in [9.17, 15) is 14.9 Å². The second kappa shape index (κ2) is 9.98. The van der Waals surface area contributed by atoms with Crippen molar-refractivity contribution in [2.75, 3.05) is 19.7 Å². The molecule has 1 aromatic heterocycles. The lowest BCUT2D eigenvalue weighted by atomic mass is 10.0. The maximum atomic E-state index is 13.0. The van der Waals surface area contributed by atoms with Gasteiger partial charge in [0.25, 0.3) is 0 Å². The Labute approximate surface area is 205 Å². The van der Waals surface area contributed by atoms with Crippen LogP contribution in [0.2, 0.25) is 0 Å². The van der Waals surface area contributed by atoms with Gasteiger partial charge in [-0.3, -0.25) is 4.68 Å². The quantitative estimate of drug-likeness (QED) is 0.551. The summed E-state index contributed by atoms with van der Waals surface area (Å²) in [5, 5.41) is 14.7. The van der Waals surface area contributed by atoms with Crippen LogP contribution in [0.5, 0.6) is 5.75 Å². The molecule has 1 atom stereocenters. The molecule has 1 saturated heterocycles. The number of nitriles is 1. The molecule has 4 rings (SSSR count). The summed E-state index contributed by atoms with van der Waals surface area (Å²) >= 11 is 0. The Morgan fingerprint density at radius 1 is 1.17 bits per heavy atom. The van der Waals surface area contributed by atoms with Crippen LogP contribution in [0.25, 0.3) is 11.3 Å². The highest BCUT2D eigenvalue weighted by molar-refractivity contribution is 5.93. The average molecular weight is 481 g/mol. The van der Waals surface area contributed by atoms with Crippen molar-refractivity contribution < 1.29 is 23.8 Å². The summed E-state index contributed by atoms with van der Waals surface area (Å²) in [5.74, 6) is 0.158. The second-order valence-corrected chi connectivity index (χ2v) is 9.91. The van der Waals surface area contributed by atoms with Gasteiger partial charge in [0.05, 0.1) is 18.8 Å². The second-order valence-electron chi connectivity index (χ2n) is 9.91. The van der Waals surface area contributed by atoms with Gasteiger partial charge in [0.1, 0.15) is 28.7 Å². The molecule has 1 unspecified atom stereocenters. The fraction of sp³-hybridized carbons (Fsp3) is 0.538. The normalized spacial score (nSPS) is 18.0. The van der Waals surface area contributed by atoms with Gasteiger partial charge in [-0.25, -0.2) is 9.59 Å². The molecule has 186 valence electrons. The molecule has 0 radical (unpaired) electrons. The van der Waals surface area contributed by atoms with Crippen LogP contribution in [-0.2, 0) is 9.47 Å². The third kappa shape index (κ3) is 5.76. The van der Waals surface area contributed by atoms with E-state index in [4.69, 9.17) is 19.3 Å². The van der Waals surface area contributed by atoms with Crippen LogP contribution in [0.3, 0.4) is 0 Å². The van der Waals surface area contributed by atoms with Gasteiger partial charge in [-0.15, -0.1) is 0 Å².